The Bertz CT molecular complexity index is 489. The van der Waals surface area contributed by atoms with Gasteiger partial charge in [0, 0.05) is 13.5 Å². The molecule has 2 unspecified atom stereocenters. The first-order valence-corrected chi connectivity index (χ1v) is 6.50. The molecular formula is C14H20N2O5. The van der Waals surface area contributed by atoms with Crippen molar-refractivity contribution < 1.29 is 24.9 Å². The van der Waals surface area contributed by atoms with Gasteiger partial charge in [-0.05, 0) is 24.6 Å². The topological polar surface area (TPSA) is 110 Å². The van der Waals surface area contributed by atoms with Crippen LogP contribution in [0.2, 0.25) is 0 Å². The molecule has 0 radical (unpaired) electrons. The molecule has 2 atom stereocenters. The number of nitrogens with one attached hydrogen (secondary N) is 1. The molecule has 4 N–H and O–H groups in total. The van der Waals surface area contributed by atoms with Gasteiger partial charge in [0.25, 0.3) is 0 Å². The molecule has 0 saturated heterocycles. The number of aromatic hydroxyl groups is 1. The van der Waals surface area contributed by atoms with Gasteiger partial charge in [-0.2, -0.15) is 0 Å². The van der Waals surface area contributed by atoms with Crippen molar-refractivity contribution in [2.24, 2.45) is 0 Å². The molecule has 1 rings (SSSR count). The summed E-state index contributed by atoms with van der Waals surface area (Å²) in [5.41, 5.74) is 0.679. The number of aliphatic hydroxyl groups is 1. The fourth-order valence-corrected chi connectivity index (χ4v) is 1.64. The minimum absolute atomic E-state index is 0.0890. The number of nitrogens with zero attached hydrogens (tertiary/aromatic N) is 1. The Balaban J connectivity index is 2.72. The van der Waals surface area contributed by atoms with Crippen molar-refractivity contribution >= 4 is 12.0 Å². The summed E-state index contributed by atoms with van der Waals surface area (Å²) in [7, 11) is 1.48. The first-order chi connectivity index (χ1) is 9.85. The number of aliphatic hydroxyl groups excluding tert-OH is 1. The summed E-state index contributed by atoms with van der Waals surface area (Å²) >= 11 is 0. The zero-order valence-electron chi connectivity index (χ0n) is 12.0. The van der Waals surface area contributed by atoms with E-state index in [9.17, 15) is 19.8 Å². The van der Waals surface area contributed by atoms with Crippen molar-refractivity contribution in [1.29, 1.82) is 0 Å². The van der Waals surface area contributed by atoms with Crippen LogP contribution in [0.15, 0.2) is 24.3 Å². The van der Waals surface area contributed by atoms with Crippen molar-refractivity contribution in [1.82, 2.24) is 10.2 Å². The van der Waals surface area contributed by atoms with E-state index in [1.165, 1.54) is 24.1 Å². The lowest BCUT2D eigenvalue weighted by Gasteiger charge is -2.25. The minimum atomic E-state index is -1.15. The van der Waals surface area contributed by atoms with E-state index in [0.717, 1.165) is 0 Å². The molecule has 0 aliphatic carbocycles. The first-order valence-electron chi connectivity index (χ1n) is 6.50. The van der Waals surface area contributed by atoms with Gasteiger partial charge in [-0.3, -0.25) is 0 Å². The molecule has 0 fully saturated rings. The maximum Gasteiger partial charge on any atom is 0.326 e. The van der Waals surface area contributed by atoms with Gasteiger partial charge in [-0.15, -0.1) is 0 Å². The van der Waals surface area contributed by atoms with E-state index in [1.807, 2.05) is 0 Å². The number of phenolic OH excluding ortho intramolecular Hbond substituents is 1. The normalized spacial score (nSPS) is 13.3. The van der Waals surface area contributed by atoms with Crippen molar-refractivity contribution in [3.8, 4) is 5.75 Å². The van der Waals surface area contributed by atoms with Crippen LogP contribution in [0.1, 0.15) is 12.5 Å². The zero-order chi connectivity index (χ0) is 16.0. The summed E-state index contributed by atoms with van der Waals surface area (Å²) in [6, 6.07) is 4.03. The third-order valence-electron chi connectivity index (χ3n) is 3.22. The molecule has 21 heavy (non-hydrogen) atoms. The van der Waals surface area contributed by atoms with E-state index < -0.39 is 24.1 Å². The number of amides is 2. The molecule has 0 aliphatic heterocycles. The molecule has 2 amide bonds. The molecular weight excluding hydrogens is 276 g/mol. The van der Waals surface area contributed by atoms with Gasteiger partial charge >= 0.3 is 12.0 Å². The molecule has 0 saturated carbocycles. The highest BCUT2D eigenvalue weighted by Crippen LogP contribution is 2.11. The Kier molecular flexibility index (Phi) is 5.98. The number of likely N-dealkylation sites (N-methyl/N-ethyl adjacent to an activating group) is 1. The van der Waals surface area contributed by atoms with Crippen LogP contribution in [0.5, 0.6) is 5.75 Å². The lowest BCUT2D eigenvalue weighted by molar-refractivity contribution is -0.139. The van der Waals surface area contributed by atoms with Gasteiger partial charge < -0.3 is 25.5 Å². The first kappa shape index (κ1) is 16.8. The number of carbonyl (C=O) groups is 2. The fourth-order valence-electron chi connectivity index (χ4n) is 1.64. The number of benzene rings is 1. The molecule has 0 bridgehead atoms. The Morgan fingerprint density at radius 3 is 2.33 bits per heavy atom. The lowest BCUT2D eigenvalue weighted by atomic mass is 10.1. The second-order valence-electron chi connectivity index (χ2n) is 4.85. The lowest BCUT2D eigenvalue weighted by Crippen LogP contribution is -2.50. The molecule has 116 valence electrons. The number of hydrogen-bond acceptors (Lipinski definition) is 4. The van der Waals surface area contributed by atoms with E-state index in [2.05, 4.69) is 5.32 Å². The van der Waals surface area contributed by atoms with Crippen LogP contribution in [0.3, 0.4) is 0 Å². The number of urea groups is 1. The van der Waals surface area contributed by atoms with Crippen LogP contribution in [0.25, 0.3) is 0 Å². The summed E-state index contributed by atoms with van der Waals surface area (Å²) in [6.45, 7) is 1.44. The van der Waals surface area contributed by atoms with Crippen molar-refractivity contribution in [2.75, 3.05) is 13.7 Å². The second-order valence-corrected chi connectivity index (χ2v) is 4.85. The van der Waals surface area contributed by atoms with Crippen LogP contribution < -0.4 is 5.32 Å². The number of carboxylic acids is 1. The van der Waals surface area contributed by atoms with E-state index in [1.54, 1.807) is 19.1 Å². The highest BCUT2D eigenvalue weighted by molar-refractivity contribution is 5.82. The van der Waals surface area contributed by atoms with Gasteiger partial charge in [-0.1, -0.05) is 12.1 Å². The largest absolute Gasteiger partial charge is 0.508 e. The predicted molar refractivity (Wildman–Crippen MR) is 76.1 cm³/mol. The predicted octanol–water partition coefficient (Wildman–Crippen LogP) is 0.410. The van der Waals surface area contributed by atoms with Crippen LogP contribution in [0, 0.1) is 0 Å². The maximum atomic E-state index is 11.9. The third kappa shape index (κ3) is 4.96. The molecule has 0 aliphatic rings. The summed E-state index contributed by atoms with van der Waals surface area (Å²) in [5.74, 6) is -1.06. The average Bonchev–Trinajstić information content (AvgIpc) is 2.46. The smallest absolute Gasteiger partial charge is 0.326 e. The number of carbonyl (C=O) groups excluding carboxylic acids is 1. The number of phenols is 1. The van der Waals surface area contributed by atoms with E-state index in [4.69, 9.17) is 5.11 Å². The fraction of sp³-hybridized carbons (Fsp3) is 0.429. The van der Waals surface area contributed by atoms with Crippen LogP contribution in [-0.2, 0) is 11.2 Å². The number of hydrogen-bond donors (Lipinski definition) is 4. The summed E-state index contributed by atoms with van der Waals surface area (Å²) < 4.78 is 0. The molecule has 1 aromatic carbocycles. The van der Waals surface area contributed by atoms with Gasteiger partial charge in [0.05, 0.1) is 12.6 Å². The highest BCUT2D eigenvalue weighted by atomic mass is 16.4. The Morgan fingerprint density at radius 1 is 1.29 bits per heavy atom. The van der Waals surface area contributed by atoms with Gasteiger partial charge in [-0.25, -0.2) is 9.59 Å². The average molecular weight is 296 g/mol. The monoisotopic (exact) mass is 296 g/mol. The van der Waals surface area contributed by atoms with Crippen LogP contribution >= 0.6 is 0 Å². The van der Waals surface area contributed by atoms with E-state index >= 15 is 0 Å². The molecule has 0 heterocycles. The second kappa shape index (κ2) is 7.49. The summed E-state index contributed by atoms with van der Waals surface area (Å²) in [6.07, 6.45) is 0.0999. The van der Waals surface area contributed by atoms with Gasteiger partial charge in [0.1, 0.15) is 11.8 Å². The molecule has 0 aromatic heterocycles. The van der Waals surface area contributed by atoms with E-state index in [-0.39, 0.29) is 18.8 Å². The van der Waals surface area contributed by atoms with E-state index in [0.29, 0.717) is 5.56 Å². The van der Waals surface area contributed by atoms with Crippen molar-refractivity contribution in [3.63, 3.8) is 0 Å². The zero-order valence-corrected chi connectivity index (χ0v) is 12.0. The quantitative estimate of drug-likeness (QED) is 0.608. The molecule has 0 spiro atoms. The molecule has 7 nitrogen and oxygen atoms in total. The molecule has 1 aromatic rings. The number of aliphatic carboxylic acids is 1. The van der Waals surface area contributed by atoms with Crippen molar-refractivity contribution in [2.45, 2.75) is 25.4 Å². The van der Waals surface area contributed by atoms with Crippen LogP contribution in [0.4, 0.5) is 4.79 Å². The minimum Gasteiger partial charge on any atom is -0.508 e. The maximum absolute atomic E-state index is 11.9. The summed E-state index contributed by atoms with van der Waals surface area (Å²) in [4.78, 5) is 24.4. The summed E-state index contributed by atoms with van der Waals surface area (Å²) in [5, 5.41) is 29.8. The standard InChI is InChI=1S/C14H20N2O5/c1-9(8-17)16(2)14(21)15-12(13(19)20)7-10-3-5-11(18)6-4-10/h3-6,9,12,17-18H,7-8H2,1-2H3,(H,15,21)(H,19,20). The Hall–Kier alpha value is -2.28. The number of carboxylic acid groups (broad SMARTS) is 1. The Morgan fingerprint density at radius 2 is 1.86 bits per heavy atom. The van der Waals surface area contributed by atoms with Gasteiger partial charge in [0.2, 0.25) is 0 Å². The van der Waals surface area contributed by atoms with Crippen LogP contribution in [-0.4, -0.2) is 58.0 Å². The number of rotatable bonds is 6. The molecule has 7 heteroatoms. The van der Waals surface area contributed by atoms with Gasteiger partial charge in [0.15, 0.2) is 0 Å². The highest BCUT2D eigenvalue weighted by Gasteiger charge is 2.23. The van der Waals surface area contributed by atoms with Crippen molar-refractivity contribution in [3.05, 3.63) is 29.8 Å². The SMILES string of the molecule is CC(CO)N(C)C(=O)NC(Cc1ccc(O)cc1)C(=O)O. The third-order valence-corrected chi connectivity index (χ3v) is 3.22. The Labute approximate surface area is 122 Å².